The number of H-pyrrole nitrogens is 1. The number of hydrogen-bond donors (Lipinski definition) is 1. The lowest BCUT2D eigenvalue weighted by Crippen LogP contribution is -1.92. The Morgan fingerprint density at radius 2 is 2.31 bits per heavy atom. The molecular formula is C8H6FNO2S. The smallest absolute Gasteiger partial charge is 0.407 e. The van der Waals surface area contributed by atoms with Crippen molar-refractivity contribution < 1.29 is 8.81 Å². The van der Waals surface area contributed by atoms with Crippen molar-refractivity contribution in [2.75, 3.05) is 6.26 Å². The molecule has 1 heterocycles. The Balaban J connectivity index is 2.90. The molecule has 13 heavy (non-hydrogen) atoms. The predicted octanol–water partition coefficient (Wildman–Crippen LogP) is 1.98. The minimum atomic E-state index is -0.559. The standard InChI is InChI=1S/C8H6FNO2S/c1-13-7-4(9)2-3-5-6(7)12-8(11)10-5/h2-3H,1H3,(H,10,11). The van der Waals surface area contributed by atoms with E-state index in [0.717, 1.165) is 0 Å². The normalized spacial score (nSPS) is 10.9. The third kappa shape index (κ3) is 1.25. The second-order valence-corrected chi connectivity index (χ2v) is 3.29. The number of rotatable bonds is 1. The number of oxazole rings is 1. The Morgan fingerprint density at radius 1 is 1.54 bits per heavy atom. The fourth-order valence-electron chi connectivity index (χ4n) is 1.16. The molecular weight excluding hydrogens is 193 g/mol. The van der Waals surface area contributed by atoms with Gasteiger partial charge in [0, 0.05) is 0 Å². The molecule has 1 aromatic carbocycles. The lowest BCUT2D eigenvalue weighted by Gasteiger charge is -1.97. The molecule has 68 valence electrons. The average Bonchev–Trinajstić information content (AvgIpc) is 2.45. The maximum absolute atomic E-state index is 13.1. The number of halogens is 1. The summed E-state index contributed by atoms with van der Waals surface area (Å²) >= 11 is 1.21. The summed E-state index contributed by atoms with van der Waals surface area (Å²) in [7, 11) is 0. The summed E-state index contributed by atoms with van der Waals surface area (Å²) in [6.45, 7) is 0. The molecule has 1 N–H and O–H groups in total. The molecule has 0 radical (unpaired) electrons. The topological polar surface area (TPSA) is 46.0 Å². The van der Waals surface area contributed by atoms with Gasteiger partial charge < -0.3 is 4.42 Å². The van der Waals surface area contributed by atoms with E-state index in [-0.39, 0.29) is 11.4 Å². The molecule has 1 aromatic heterocycles. The van der Waals surface area contributed by atoms with Gasteiger partial charge in [0.1, 0.15) is 5.82 Å². The van der Waals surface area contributed by atoms with Crippen LogP contribution in [0.3, 0.4) is 0 Å². The summed E-state index contributed by atoms with van der Waals surface area (Å²) in [5.41, 5.74) is 0.813. The van der Waals surface area contributed by atoms with Crippen molar-refractivity contribution in [1.29, 1.82) is 0 Å². The molecule has 5 heteroatoms. The van der Waals surface area contributed by atoms with Crippen LogP contribution in [0, 0.1) is 5.82 Å². The van der Waals surface area contributed by atoms with Crippen molar-refractivity contribution in [1.82, 2.24) is 4.98 Å². The van der Waals surface area contributed by atoms with Crippen molar-refractivity contribution >= 4 is 22.9 Å². The zero-order valence-corrected chi connectivity index (χ0v) is 7.57. The van der Waals surface area contributed by atoms with E-state index >= 15 is 0 Å². The molecule has 0 unspecified atom stereocenters. The fraction of sp³-hybridized carbons (Fsp3) is 0.125. The van der Waals surface area contributed by atoms with Gasteiger partial charge in [-0.2, -0.15) is 0 Å². The van der Waals surface area contributed by atoms with Crippen LogP contribution in [-0.2, 0) is 0 Å². The third-order valence-corrected chi connectivity index (χ3v) is 2.49. The molecule has 3 nitrogen and oxygen atoms in total. The molecule has 0 aliphatic carbocycles. The number of nitrogens with one attached hydrogen (secondary N) is 1. The summed E-state index contributed by atoms with van der Waals surface area (Å²) in [6.07, 6.45) is 1.73. The fourth-order valence-corrected chi connectivity index (χ4v) is 1.76. The Hall–Kier alpha value is -1.23. The predicted molar refractivity (Wildman–Crippen MR) is 48.6 cm³/mol. The van der Waals surface area contributed by atoms with Gasteiger partial charge in [0.25, 0.3) is 0 Å². The molecule has 0 amide bonds. The molecule has 0 bridgehead atoms. The third-order valence-electron chi connectivity index (χ3n) is 1.70. The van der Waals surface area contributed by atoms with Crippen LogP contribution >= 0.6 is 11.8 Å². The van der Waals surface area contributed by atoms with Crippen LogP contribution in [0.2, 0.25) is 0 Å². The van der Waals surface area contributed by atoms with Gasteiger partial charge in [-0.25, -0.2) is 9.18 Å². The molecule has 0 aliphatic heterocycles. The van der Waals surface area contributed by atoms with Crippen molar-refractivity contribution in [3.63, 3.8) is 0 Å². The molecule has 2 aromatic rings. The Bertz CT molecular complexity index is 502. The minimum absolute atomic E-state index is 0.289. The highest BCUT2D eigenvalue weighted by Crippen LogP contribution is 2.27. The number of hydrogen-bond acceptors (Lipinski definition) is 3. The quantitative estimate of drug-likeness (QED) is 0.714. The Kier molecular flexibility index (Phi) is 1.88. The van der Waals surface area contributed by atoms with Crippen LogP contribution in [-0.4, -0.2) is 11.2 Å². The van der Waals surface area contributed by atoms with Crippen molar-refractivity contribution in [3.8, 4) is 0 Å². The first kappa shape index (κ1) is 8.37. The molecule has 0 fully saturated rings. The molecule has 0 saturated carbocycles. The van der Waals surface area contributed by atoms with Gasteiger partial charge in [-0.1, -0.05) is 0 Å². The monoisotopic (exact) mass is 199 g/mol. The number of benzene rings is 1. The Labute approximate surface area is 76.9 Å². The summed E-state index contributed by atoms with van der Waals surface area (Å²) in [5.74, 6) is -0.932. The van der Waals surface area contributed by atoms with Crippen LogP contribution in [0.1, 0.15) is 0 Å². The maximum Gasteiger partial charge on any atom is 0.417 e. The molecule has 0 atom stereocenters. The first-order valence-corrected chi connectivity index (χ1v) is 4.80. The molecule has 2 rings (SSSR count). The average molecular weight is 199 g/mol. The van der Waals surface area contributed by atoms with E-state index in [9.17, 15) is 9.18 Å². The first-order chi connectivity index (χ1) is 6.22. The zero-order valence-electron chi connectivity index (χ0n) is 6.76. The lowest BCUT2D eigenvalue weighted by molar-refractivity contribution is 0.537. The second kappa shape index (κ2) is 2.92. The van der Waals surface area contributed by atoms with Gasteiger partial charge >= 0.3 is 5.76 Å². The van der Waals surface area contributed by atoms with E-state index in [0.29, 0.717) is 10.4 Å². The van der Waals surface area contributed by atoms with Gasteiger partial charge in [0.15, 0.2) is 5.58 Å². The molecule has 0 spiro atoms. The van der Waals surface area contributed by atoms with Crippen LogP contribution in [0.4, 0.5) is 4.39 Å². The summed E-state index contributed by atoms with van der Waals surface area (Å²) < 4.78 is 17.9. The molecule has 0 saturated heterocycles. The SMILES string of the molecule is CSc1c(F)ccc2[nH]c(=O)oc12. The van der Waals surface area contributed by atoms with E-state index in [4.69, 9.17) is 4.42 Å². The van der Waals surface area contributed by atoms with E-state index < -0.39 is 5.76 Å². The highest BCUT2D eigenvalue weighted by molar-refractivity contribution is 7.98. The Morgan fingerprint density at radius 3 is 3.00 bits per heavy atom. The van der Waals surface area contributed by atoms with Crippen molar-refractivity contribution in [3.05, 3.63) is 28.5 Å². The van der Waals surface area contributed by atoms with Crippen LogP contribution in [0.15, 0.2) is 26.2 Å². The summed E-state index contributed by atoms with van der Waals surface area (Å²) in [5, 5.41) is 0. The number of aromatic nitrogens is 1. The van der Waals surface area contributed by atoms with E-state index in [1.54, 1.807) is 6.26 Å². The largest absolute Gasteiger partial charge is 0.417 e. The van der Waals surface area contributed by atoms with Crippen molar-refractivity contribution in [2.24, 2.45) is 0 Å². The van der Waals surface area contributed by atoms with Crippen LogP contribution < -0.4 is 5.76 Å². The second-order valence-electron chi connectivity index (χ2n) is 2.47. The van der Waals surface area contributed by atoms with Crippen molar-refractivity contribution in [2.45, 2.75) is 4.90 Å². The van der Waals surface area contributed by atoms with Gasteiger partial charge in [-0.15, -0.1) is 11.8 Å². The molecule has 0 aliphatic rings. The number of thioether (sulfide) groups is 1. The van der Waals surface area contributed by atoms with E-state index in [2.05, 4.69) is 4.98 Å². The van der Waals surface area contributed by atoms with Gasteiger partial charge in [0.05, 0.1) is 10.4 Å². The van der Waals surface area contributed by atoms with Gasteiger partial charge in [-0.05, 0) is 18.4 Å². The number of aromatic amines is 1. The van der Waals surface area contributed by atoms with Gasteiger partial charge in [-0.3, -0.25) is 4.98 Å². The first-order valence-electron chi connectivity index (χ1n) is 3.57. The van der Waals surface area contributed by atoms with Crippen LogP contribution in [0.5, 0.6) is 0 Å². The van der Waals surface area contributed by atoms with Gasteiger partial charge in [0.2, 0.25) is 0 Å². The summed E-state index contributed by atoms with van der Waals surface area (Å²) in [6, 6.07) is 2.79. The maximum atomic E-state index is 13.1. The highest BCUT2D eigenvalue weighted by atomic mass is 32.2. The minimum Gasteiger partial charge on any atom is -0.407 e. The zero-order chi connectivity index (χ0) is 9.42. The lowest BCUT2D eigenvalue weighted by atomic mass is 10.3. The van der Waals surface area contributed by atoms with Crippen LogP contribution in [0.25, 0.3) is 11.1 Å². The highest BCUT2D eigenvalue weighted by Gasteiger charge is 2.10. The number of fused-ring (bicyclic) bond motifs is 1. The van der Waals surface area contributed by atoms with E-state index in [1.807, 2.05) is 0 Å². The summed E-state index contributed by atoms with van der Waals surface area (Å²) in [4.78, 5) is 13.6. The van der Waals surface area contributed by atoms with E-state index in [1.165, 1.54) is 23.9 Å².